The third-order valence-corrected chi connectivity index (χ3v) is 4.58. The van der Waals surface area contributed by atoms with Crippen molar-refractivity contribution in [2.45, 2.75) is 6.54 Å². The van der Waals surface area contributed by atoms with Crippen LogP contribution in [0.5, 0.6) is 0 Å². The predicted molar refractivity (Wildman–Crippen MR) is 92.8 cm³/mol. The van der Waals surface area contributed by atoms with Crippen LogP contribution in [0.4, 0.5) is 5.69 Å². The highest BCUT2D eigenvalue weighted by molar-refractivity contribution is 9.10. The largest absolute Gasteiger partial charge is 0.369 e. The Bertz CT molecular complexity index is 650. The number of hydrogen-bond donors (Lipinski definition) is 0. The number of piperazine rings is 1. The molecule has 2 aromatic rings. The lowest BCUT2D eigenvalue weighted by molar-refractivity contribution is 0.250. The van der Waals surface area contributed by atoms with Gasteiger partial charge < -0.3 is 4.90 Å². The van der Waals surface area contributed by atoms with Crippen molar-refractivity contribution in [2.24, 2.45) is 0 Å². The minimum absolute atomic E-state index is 0.720. The first-order chi connectivity index (χ1) is 10.7. The summed E-state index contributed by atoms with van der Waals surface area (Å²) in [7, 11) is 0. The lowest BCUT2D eigenvalue weighted by atomic mass is 10.1. The molecular weight excluding hydrogens is 338 g/mol. The van der Waals surface area contributed by atoms with Crippen LogP contribution in [0.25, 0.3) is 0 Å². The van der Waals surface area contributed by atoms with E-state index in [2.05, 4.69) is 56.1 Å². The molecule has 1 aliphatic rings. The normalized spacial score (nSPS) is 15.5. The lowest BCUT2D eigenvalue weighted by Crippen LogP contribution is -2.45. The van der Waals surface area contributed by atoms with Gasteiger partial charge in [0, 0.05) is 42.9 Å². The molecule has 112 valence electrons. The van der Waals surface area contributed by atoms with Crippen LogP contribution in [0.15, 0.2) is 53.0 Å². The minimum Gasteiger partial charge on any atom is -0.369 e. The van der Waals surface area contributed by atoms with E-state index in [-0.39, 0.29) is 0 Å². The topological polar surface area (TPSA) is 30.3 Å². The van der Waals surface area contributed by atoms with Gasteiger partial charge in [0.15, 0.2) is 0 Å². The first-order valence-electron chi connectivity index (χ1n) is 7.46. The fraction of sp³-hybridized carbons (Fsp3) is 0.278. The van der Waals surface area contributed by atoms with Gasteiger partial charge in [-0.3, -0.25) is 4.90 Å². The second kappa shape index (κ2) is 6.95. The molecule has 1 aliphatic heterocycles. The zero-order valence-electron chi connectivity index (χ0n) is 12.4. The van der Waals surface area contributed by atoms with E-state index >= 15 is 0 Å². The van der Waals surface area contributed by atoms with Gasteiger partial charge in [-0.05, 0) is 42.0 Å². The summed E-state index contributed by atoms with van der Waals surface area (Å²) in [4.78, 5) is 4.88. The van der Waals surface area contributed by atoms with E-state index in [1.165, 1.54) is 11.3 Å². The van der Waals surface area contributed by atoms with E-state index in [0.29, 0.717) is 0 Å². The van der Waals surface area contributed by atoms with Crippen LogP contribution in [0.3, 0.4) is 0 Å². The highest BCUT2D eigenvalue weighted by Crippen LogP contribution is 2.18. The number of nitrogens with zero attached hydrogens (tertiary/aromatic N) is 3. The van der Waals surface area contributed by atoms with E-state index in [9.17, 15) is 0 Å². The summed E-state index contributed by atoms with van der Waals surface area (Å²) in [6.45, 7) is 5.20. The lowest BCUT2D eigenvalue weighted by Gasteiger charge is -2.36. The summed E-state index contributed by atoms with van der Waals surface area (Å²) in [6, 6.07) is 18.6. The molecule has 0 bridgehead atoms. The molecule has 0 atom stereocenters. The molecule has 0 N–H and O–H groups in total. The SMILES string of the molecule is N#Cc1ccc(N2CCN(Cc3ccc(Br)cc3)CC2)cc1. The van der Waals surface area contributed by atoms with E-state index in [1.54, 1.807) is 0 Å². The monoisotopic (exact) mass is 355 g/mol. The van der Waals surface area contributed by atoms with Crippen molar-refractivity contribution in [1.82, 2.24) is 4.90 Å². The molecule has 4 heteroatoms. The smallest absolute Gasteiger partial charge is 0.0991 e. The molecule has 1 heterocycles. The zero-order valence-corrected chi connectivity index (χ0v) is 14.0. The van der Waals surface area contributed by atoms with Crippen LogP contribution in [-0.4, -0.2) is 31.1 Å². The average Bonchev–Trinajstić information content (AvgIpc) is 2.58. The number of nitriles is 1. The Balaban J connectivity index is 1.55. The van der Waals surface area contributed by atoms with Gasteiger partial charge in [-0.25, -0.2) is 0 Å². The van der Waals surface area contributed by atoms with Crippen LogP contribution in [0.2, 0.25) is 0 Å². The van der Waals surface area contributed by atoms with Crippen molar-refractivity contribution in [3.8, 4) is 6.07 Å². The number of halogens is 1. The summed E-state index contributed by atoms with van der Waals surface area (Å²) in [6.07, 6.45) is 0. The van der Waals surface area contributed by atoms with Crippen molar-refractivity contribution in [3.63, 3.8) is 0 Å². The molecule has 0 saturated carbocycles. The Hall–Kier alpha value is -1.83. The predicted octanol–water partition coefficient (Wildman–Crippen LogP) is 3.64. The molecule has 0 aromatic heterocycles. The fourth-order valence-corrected chi connectivity index (χ4v) is 3.02. The minimum atomic E-state index is 0.720. The quantitative estimate of drug-likeness (QED) is 0.841. The van der Waals surface area contributed by atoms with Crippen LogP contribution in [0.1, 0.15) is 11.1 Å². The van der Waals surface area contributed by atoms with E-state index in [4.69, 9.17) is 5.26 Å². The van der Waals surface area contributed by atoms with Gasteiger partial charge in [-0.1, -0.05) is 28.1 Å². The van der Waals surface area contributed by atoms with Gasteiger partial charge in [0.2, 0.25) is 0 Å². The van der Waals surface area contributed by atoms with Gasteiger partial charge in [0.25, 0.3) is 0 Å². The van der Waals surface area contributed by atoms with Crippen molar-refractivity contribution in [2.75, 3.05) is 31.1 Å². The maximum absolute atomic E-state index is 8.86. The van der Waals surface area contributed by atoms with Gasteiger partial charge in [0.1, 0.15) is 0 Å². The summed E-state index contributed by atoms with van der Waals surface area (Å²) in [5.74, 6) is 0. The summed E-state index contributed by atoms with van der Waals surface area (Å²) >= 11 is 3.47. The van der Waals surface area contributed by atoms with E-state index in [0.717, 1.165) is 42.8 Å². The molecule has 3 rings (SSSR count). The number of anilines is 1. The standard InChI is InChI=1S/C18H18BrN3/c19-17-5-1-16(2-6-17)14-21-9-11-22(12-10-21)18-7-3-15(13-20)4-8-18/h1-8H,9-12,14H2. The molecule has 0 amide bonds. The van der Waals surface area contributed by atoms with Gasteiger partial charge in [0.05, 0.1) is 11.6 Å². The third-order valence-electron chi connectivity index (χ3n) is 4.05. The van der Waals surface area contributed by atoms with Gasteiger partial charge in [-0.2, -0.15) is 5.26 Å². The fourth-order valence-electron chi connectivity index (χ4n) is 2.76. The first-order valence-corrected chi connectivity index (χ1v) is 8.26. The van der Waals surface area contributed by atoms with Gasteiger partial charge in [-0.15, -0.1) is 0 Å². The van der Waals surface area contributed by atoms with E-state index < -0.39 is 0 Å². The Morgan fingerprint density at radius 3 is 2.14 bits per heavy atom. The molecule has 1 saturated heterocycles. The van der Waals surface area contributed by atoms with Gasteiger partial charge >= 0.3 is 0 Å². The average molecular weight is 356 g/mol. The van der Waals surface area contributed by atoms with Crippen LogP contribution >= 0.6 is 15.9 Å². The summed E-state index contributed by atoms with van der Waals surface area (Å²) in [5.41, 5.74) is 3.29. The Kier molecular flexibility index (Phi) is 4.77. The molecule has 3 nitrogen and oxygen atoms in total. The Morgan fingerprint density at radius 1 is 0.909 bits per heavy atom. The summed E-state index contributed by atoms with van der Waals surface area (Å²) < 4.78 is 1.13. The molecule has 0 radical (unpaired) electrons. The van der Waals surface area contributed by atoms with Crippen molar-refractivity contribution < 1.29 is 0 Å². The highest BCUT2D eigenvalue weighted by atomic mass is 79.9. The van der Waals surface area contributed by atoms with Crippen molar-refractivity contribution >= 4 is 21.6 Å². The first kappa shape index (κ1) is 15.1. The Morgan fingerprint density at radius 2 is 1.55 bits per heavy atom. The Labute approximate surface area is 139 Å². The molecule has 0 aliphatic carbocycles. The zero-order chi connectivity index (χ0) is 15.4. The molecule has 1 fully saturated rings. The second-order valence-electron chi connectivity index (χ2n) is 5.55. The molecule has 0 unspecified atom stereocenters. The molecule has 0 spiro atoms. The molecule has 2 aromatic carbocycles. The third kappa shape index (κ3) is 3.68. The number of benzene rings is 2. The number of rotatable bonds is 3. The molecule has 22 heavy (non-hydrogen) atoms. The van der Waals surface area contributed by atoms with E-state index in [1.807, 2.05) is 24.3 Å². The maximum Gasteiger partial charge on any atom is 0.0991 e. The van der Waals surface area contributed by atoms with Crippen LogP contribution < -0.4 is 4.90 Å². The highest BCUT2D eigenvalue weighted by Gasteiger charge is 2.17. The maximum atomic E-state index is 8.86. The molecular formula is C18H18BrN3. The van der Waals surface area contributed by atoms with Crippen molar-refractivity contribution in [3.05, 3.63) is 64.1 Å². The number of hydrogen-bond acceptors (Lipinski definition) is 3. The van der Waals surface area contributed by atoms with Crippen LogP contribution in [0, 0.1) is 11.3 Å². The second-order valence-corrected chi connectivity index (χ2v) is 6.46. The van der Waals surface area contributed by atoms with Crippen LogP contribution in [-0.2, 0) is 6.54 Å². The summed E-state index contributed by atoms with van der Waals surface area (Å²) in [5, 5.41) is 8.86. The van der Waals surface area contributed by atoms with Crippen molar-refractivity contribution in [1.29, 1.82) is 5.26 Å².